The summed E-state index contributed by atoms with van der Waals surface area (Å²) >= 11 is 0. The van der Waals surface area contributed by atoms with Gasteiger partial charge in [0, 0.05) is 19.4 Å². The van der Waals surface area contributed by atoms with Crippen LogP contribution in [0.1, 0.15) is 39.0 Å². The van der Waals surface area contributed by atoms with Gasteiger partial charge in [-0.25, -0.2) is 0 Å². The topological polar surface area (TPSA) is 26.3 Å². The molecular weight excluding hydrogens is 164 g/mol. The molecule has 0 N–H and O–H groups in total. The largest absolute Gasteiger partial charge is 0.384 e. The number of hydrogen-bond acceptors (Lipinski definition) is 2. The van der Waals surface area contributed by atoms with Gasteiger partial charge in [-0.05, 0) is 18.8 Å². The molecule has 1 aliphatic carbocycles. The van der Waals surface area contributed by atoms with E-state index >= 15 is 0 Å². The van der Waals surface area contributed by atoms with Gasteiger partial charge in [0.2, 0.25) is 0 Å². The summed E-state index contributed by atoms with van der Waals surface area (Å²) in [5, 5.41) is 0. The van der Waals surface area contributed by atoms with Crippen LogP contribution in [0.4, 0.5) is 0 Å². The number of carbonyl (C=O) groups excluding carboxylic acids is 1. The third-order valence-corrected chi connectivity index (χ3v) is 2.94. The van der Waals surface area contributed by atoms with Crippen LogP contribution < -0.4 is 0 Å². The summed E-state index contributed by atoms with van der Waals surface area (Å²) in [6, 6.07) is 0. The normalized spacial score (nSPS) is 28.8. The van der Waals surface area contributed by atoms with Crippen LogP contribution in [0.15, 0.2) is 0 Å². The van der Waals surface area contributed by atoms with Gasteiger partial charge in [-0.1, -0.05) is 19.8 Å². The molecule has 1 rings (SSSR count). The van der Waals surface area contributed by atoms with Gasteiger partial charge in [-0.3, -0.25) is 4.79 Å². The molecule has 2 atom stereocenters. The molecule has 0 aromatic rings. The molecule has 76 valence electrons. The lowest BCUT2D eigenvalue weighted by atomic mass is 9.80. The Balaban J connectivity index is 2.28. The van der Waals surface area contributed by atoms with Crippen LogP contribution in [-0.2, 0) is 9.53 Å². The number of ether oxygens (including phenoxy) is 1. The fraction of sp³-hybridized carbons (Fsp3) is 0.909. The summed E-state index contributed by atoms with van der Waals surface area (Å²) in [7, 11) is 1.65. The van der Waals surface area contributed by atoms with E-state index in [1.54, 1.807) is 7.11 Å². The monoisotopic (exact) mass is 184 g/mol. The molecule has 0 heterocycles. The van der Waals surface area contributed by atoms with Gasteiger partial charge in [0.25, 0.3) is 0 Å². The van der Waals surface area contributed by atoms with Crippen LogP contribution in [0.5, 0.6) is 0 Å². The fourth-order valence-corrected chi connectivity index (χ4v) is 2.13. The van der Waals surface area contributed by atoms with E-state index in [1.165, 1.54) is 12.8 Å². The van der Waals surface area contributed by atoms with Crippen molar-refractivity contribution in [2.24, 2.45) is 11.8 Å². The number of carbonyl (C=O) groups is 1. The predicted octanol–water partition coefficient (Wildman–Crippen LogP) is 2.42. The van der Waals surface area contributed by atoms with Crippen molar-refractivity contribution in [3.63, 3.8) is 0 Å². The first-order valence-corrected chi connectivity index (χ1v) is 5.25. The molecule has 1 aliphatic rings. The van der Waals surface area contributed by atoms with Crippen molar-refractivity contribution in [1.82, 2.24) is 0 Å². The summed E-state index contributed by atoms with van der Waals surface area (Å²) in [6.07, 6.45) is 5.34. The zero-order valence-corrected chi connectivity index (χ0v) is 8.71. The van der Waals surface area contributed by atoms with E-state index in [2.05, 4.69) is 6.92 Å². The molecule has 2 unspecified atom stereocenters. The predicted molar refractivity (Wildman–Crippen MR) is 52.6 cm³/mol. The van der Waals surface area contributed by atoms with Gasteiger partial charge in [-0.2, -0.15) is 0 Å². The summed E-state index contributed by atoms with van der Waals surface area (Å²) < 4.78 is 4.91. The van der Waals surface area contributed by atoms with Gasteiger partial charge in [0.1, 0.15) is 5.78 Å². The highest BCUT2D eigenvalue weighted by atomic mass is 16.5. The lowest BCUT2D eigenvalue weighted by Gasteiger charge is -2.25. The van der Waals surface area contributed by atoms with E-state index < -0.39 is 0 Å². The van der Waals surface area contributed by atoms with E-state index in [9.17, 15) is 4.79 Å². The molecule has 2 heteroatoms. The van der Waals surface area contributed by atoms with Gasteiger partial charge in [0.15, 0.2) is 0 Å². The molecule has 13 heavy (non-hydrogen) atoms. The van der Waals surface area contributed by atoms with Crippen LogP contribution >= 0.6 is 0 Å². The van der Waals surface area contributed by atoms with Crippen LogP contribution in [0, 0.1) is 11.8 Å². The molecule has 0 aliphatic heterocycles. The molecule has 0 aromatic heterocycles. The standard InChI is InChI=1S/C11H20O2/c1-9-4-3-5-10(8-9)11(12)6-7-13-2/h9-10H,3-8H2,1-2H3. The Hall–Kier alpha value is -0.370. The van der Waals surface area contributed by atoms with Crippen LogP contribution in [0.3, 0.4) is 0 Å². The maximum absolute atomic E-state index is 11.6. The molecule has 1 saturated carbocycles. The van der Waals surface area contributed by atoms with Crippen LogP contribution in [0.2, 0.25) is 0 Å². The number of Topliss-reactive ketones (excluding diaryl/α,β-unsaturated/α-hetero) is 1. The Kier molecular flexibility index (Phi) is 4.43. The van der Waals surface area contributed by atoms with E-state index in [1.807, 2.05) is 0 Å². The number of ketones is 1. The Morgan fingerprint density at radius 2 is 2.23 bits per heavy atom. The Bertz CT molecular complexity index is 165. The molecule has 0 amide bonds. The first kappa shape index (κ1) is 10.7. The zero-order valence-electron chi connectivity index (χ0n) is 8.71. The minimum Gasteiger partial charge on any atom is -0.384 e. The van der Waals surface area contributed by atoms with Crippen molar-refractivity contribution < 1.29 is 9.53 Å². The highest BCUT2D eigenvalue weighted by Gasteiger charge is 2.24. The summed E-state index contributed by atoms with van der Waals surface area (Å²) in [5.74, 6) is 1.48. The molecular formula is C11H20O2. The second-order valence-electron chi connectivity index (χ2n) is 4.18. The SMILES string of the molecule is COCCC(=O)C1CCCC(C)C1. The Morgan fingerprint density at radius 3 is 2.85 bits per heavy atom. The van der Waals surface area contributed by atoms with Crippen LogP contribution in [0.25, 0.3) is 0 Å². The van der Waals surface area contributed by atoms with E-state index in [4.69, 9.17) is 4.74 Å². The van der Waals surface area contributed by atoms with Crippen molar-refractivity contribution >= 4 is 5.78 Å². The highest BCUT2D eigenvalue weighted by Crippen LogP contribution is 2.29. The van der Waals surface area contributed by atoms with Crippen molar-refractivity contribution in [3.05, 3.63) is 0 Å². The van der Waals surface area contributed by atoms with Crippen molar-refractivity contribution in [2.75, 3.05) is 13.7 Å². The van der Waals surface area contributed by atoms with Gasteiger partial charge in [0.05, 0.1) is 6.61 Å². The quantitative estimate of drug-likeness (QED) is 0.670. The minimum atomic E-state index is 0.332. The Labute approximate surface area is 80.7 Å². The first-order chi connectivity index (χ1) is 6.24. The molecule has 0 radical (unpaired) electrons. The van der Waals surface area contributed by atoms with Gasteiger partial charge in [-0.15, -0.1) is 0 Å². The number of methoxy groups -OCH3 is 1. The van der Waals surface area contributed by atoms with E-state index in [0.717, 1.165) is 18.8 Å². The number of rotatable bonds is 4. The van der Waals surface area contributed by atoms with Crippen LogP contribution in [-0.4, -0.2) is 19.5 Å². The van der Waals surface area contributed by atoms with Gasteiger partial charge < -0.3 is 4.74 Å². The molecule has 0 bridgehead atoms. The molecule has 0 saturated heterocycles. The van der Waals surface area contributed by atoms with Crippen molar-refractivity contribution in [1.29, 1.82) is 0 Å². The van der Waals surface area contributed by atoms with Crippen molar-refractivity contribution in [3.8, 4) is 0 Å². The molecule has 0 aromatic carbocycles. The lowest BCUT2D eigenvalue weighted by molar-refractivity contribution is -0.125. The summed E-state index contributed by atoms with van der Waals surface area (Å²) in [5.41, 5.74) is 0. The lowest BCUT2D eigenvalue weighted by Crippen LogP contribution is -2.22. The number of hydrogen-bond donors (Lipinski definition) is 0. The zero-order chi connectivity index (χ0) is 9.68. The average molecular weight is 184 g/mol. The Morgan fingerprint density at radius 1 is 1.46 bits per heavy atom. The van der Waals surface area contributed by atoms with Crippen molar-refractivity contribution in [2.45, 2.75) is 39.0 Å². The highest BCUT2D eigenvalue weighted by molar-refractivity contribution is 5.81. The molecule has 1 fully saturated rings. The minimum absolute atomic E-state index is 0.332. The maximum Gasteiger partial charge on any atom is 0.138 e. The summed E-state index contributed by atoms with van der Waals surface area (Å²) in [4.78, 5) is 11.6. The molecule has 0 spiro atoms. The first-order valence-electron chi connectivity index (χ1n) is 5.25. The van der Waals surface area contributed by atoms with E-state index in [-0.39, 0.29) is 0 Å². The third-order valence-electron chi connectivity index (χ3n) is 2.94. The average Bonchev–Trinajstić information content (AvgIpc) is 2.14. The van der Waals surface area contributed by atoms with E-state index in [0.29, 0.717) is 24.7 Å². The fourth-order valence-electron chi connectivity index (χ4n) is 2.13. The smallest absolute Gasteiger partial charge is 0.138 e. The maximum atomic E-state index is 11.6. The summed E-state index contributed by atoms with van der Waals surface area (Å²) in [6.45, 7) is 2.83. The second-order valence-corrected chi connectivity index (χ2v) is 4.18. The molecule has 2 nitrogen and oxygen atoms in total. The van der Waals surface area contributed by atoms with Gasteiger partial charge >= 0.3 is 0 Å². The second kappa shape index (κ2) is 5.38. The third kappa shape index (κ3) is 3.47.